The van der Waals surface area contributed by atoms with Crippen LogP contribution < -0.4 is 10.7 Å². The largest absolute Gasteiger partial charge is 0.360 e. The van der Waals surface area contributed by atoms with Gasteiger partial charge in [0.05, 0.1) is 28.5 Å². The number of nitrogens with one attached hydrogen (secondary N) is 2. The van der Waals surface area contributed by atoms with Gasteiger partial charge in [0, 0.05) is 45.5 Å². The first-order valence-electron chi connectivity index (χ1n) is 11.9. The molecule has 2 N–H and O–H groups in total. The fraction of sp³-hybridized carbons (Fsp3) is 0. The lowest BCUT2D eigenvalue weighted by Crippen LogP contribution is -2.12. The van der Waals surface area contributed by atoms with Crippen LogP contribution in [0, 0.1) is 0 Å². The van der Waals surface area contributed by atoms with Crippen molar-refractivity contribution in [3.8, 4) is 0 Å². The van der Waals surface area contributed by atoms with E-state index in [9.17, 15) is 0 Å². The van der Waals surface area contributed by atoms with Crippen LogP contribution >= 0.6 is 0 Å². The maximum atomic E-state index is 4.98. The van der Waals surface area contributed by atoms with Crippen molar-refractivity contribution >= 4 is 34.7 Å². The molecule has 0 unspecified atom stereocenters. The summed E-state index contributed by atoms with van der Waals surface area (Å²) in [6.45, 7) is 0. The SMILES string of the molecule is C1=CC2=C(c3ccccn3)c3c[nH]c(c3)C(c3ccccc3)=C3C=CC(=N3)C=c3ccc([nH]3)=CC1=N2. The average molecular weight is 464 g/mol. The van der Waals surface area contributed by atoms with E-state index in [1.54, 1.807) is 0 Å². The number of hydrogen-bond donors (Lipinski definition) is 2. The van der Waals surface area contributed by atoms with Crippen LogP contribution in [0.5, 0.6) is 0 Å². The third-order valence-electron chi connectivity index (χ3n) is 6.40. The number of benzene rings is 1. The number of fused-ring (bicyclic) bond motifs is 6. The van der Waals surface area contributed by atoms with Crippen molar-refractivity contribution in [2.24, 2.45) is 9.98 Å². The van der Waals surface area contributed by atoms with Crippen LogP contribution in [0.1, 0.15) is 22.5 Å². The van der Waals surface area contributed by atoms with Gasteiger partial charge in [0.15, 0.2) is 0 Å². The van der Waals surface area contributed by atoms with Crippen molar-refractivity contribution in [3.05, 3.63) is 148 Å². The van der Waals surface area contributed by atoms with Crippen molar-refractivity contribution in [3.63, 3.8) is 0 Å². The lowest BCUT2D eigenvalue weighted by Gasteiger charge is -2.09. The molecule has 3 aliphatic rings. The summed E-state index contributed by atoms with van der Waals surface area (Å²) < 4.78 is 0. The number of hydrogen-bond acceptors (Lipinski definition) is 3. The van der Waals surface area contributed by atoms with E-state index < -0.39 is 0 Å². The highest BCUT2D eigenvalue weighted by Crippen LogP contribution is 2.34. The van der Waals surface area contributed by atoms with E-state index in [1.165, 1.54) is 0 Å². The topological polar surface area (TPSA) is 69.2 Å². The van der Waals surface area contributed by atoms with Gasteiger partial charge in [0.1, 0.15) is 0 Å². The zero-order valence-corrected chi connectivity index (χ0v) is 19.3. The highest BCUT2D eigenvalue weighted by Gasteiger charge is 2.20. The Morgan fingerprint density at radius 2 is 1.31 bits per heavy atom. The number of nitrogens with zero attached hydrogens (tertiary/aromatic N) is 3. The van der Waals surface area contributed by atoms with Crippen LogP contribution in [-0.2, 0) is 0 Å². The van der Waals surface area contributed by atoms with Crippen LogP contribution in [0.3, 0.4) is 0 Å². The number of aromatic amines is 2. The molecule has 0 spiro atoms. The van der Waals surface area contributed by atoms with Gasteiger partial charge in [-0.2, -0.15) is 0 Å². The Kier molecular flexibility index (Phi) is 4.71. The van der Waals surface area contributed by atoms with Gasteiger partial charge in [-0.3, -0.25) is 4.98 Å². The monoisotopic (exact) mass is 463 g/mol. The molecule has 6 heterocycles. The summed E-state index contributed by atoms with van der Waals surface area (Å²) in [5.74, 6) is 0. The molecule has 0 saturated heterocycles. The Hall–Kier alpha value is -5.03. The Morgan fingerprint density at radius 1 is 0.611 bits per heavy atom. The molecule has 5 heteroatoms. The minimum atomic E-state index is 0.876. The first-order valence-corrected chi connectivity index (χ1v) is 11.9. The van der Waals surface area contributed by atoms with Crippen LogP contribution in [0.15, 0.2) is 125 Å². The Morgan fingerprint density at radius 3 is 2.00 bits per heavy atom. The van der Waals surface area contributed by atoms with E-state index in [-0.39, 0.29) is 0 Å². The van der Waals surface area contributed by atoms with E-state index in [0.29, 0.717) is 0 Å². The second kappa shape index (κ2) is 8.32. The maximum Gasteiger partial charge on any atom is 0.0738 e. The zero-order valence-electron chi connectivity index (χ0n) is 19.3. The van der Waals surface area contributed by atoms with Crippen LogP contribution in [0.4, 0.5) is 0 Å². The van der Waals surface area contributed by atoms with Gasteiger partial charge in [-0.1, -0.05) is 36.4 Å². The molecule has 36 heavy (non-hydrogen) atoms. The van der Waals surface area contributed by atoms with Gasteiger partial charge in [-0.25, -0.2) is 9.98 Å². The van der Waals surface area contributed by atoms with Gasteiger partial charge in [-0.15, -0.1) is 0 Å². The minimum absolute atomic E-state index is 0.876. The average Bonchev–Trinajstić information content (AvgIpc) is 3.72. The molecule has 5 nitrogen and oxygen atoms in total. The number of aliphatic imine (C=N–C) groups is 2. The third kappa shape index (κ3) is 3.63. The summed E-state index contributed by atoms with van der Waals surface area (Å²) >= 11 is 0. The molecule has 4 aromatic rings. The van der Waals surface area contributed by atoms with E-state index in [4.69, 9.17) is 9.98 Å². The molecular weight excluding hydrogens is 442 g/mol. The van der Waals surface area contributed by atoms with Crippen molar-refractivity contribution in [2.75, 3.05) is 0 Å². The lowest BCUT2D eigenvalue weighted by atomic mass is 9.98. The van der Waals surface area contributed by atoms with Crippen LogP contribution in [-0.4, -0.2) is 26.4 Å². The maximum absolute atomic E-state index is 4.98. The second-order valence-corrected chi connectivity index (χ2v) is 8.80. The summed E-state index contributed by atoms with van der Waals surface area (Å²) in [6, 6.07) is 22.6. The van der Waals surface area contributed by atoms with E-state index in [0.717, 1.165) is 67.2 Å². The summed E-state index contributed by atoms with van der Waals surface area (Å²) in [5.41, 5.74) is 9.60. The molecule has 3 aromatic heterocycles. The summed E-state index contributed by atoms with van der Waals surface area (Å²) in [7, 11) is 0. The molecule has 0 aliphatic carbocycles. The molecule has 0 fully saturated rings. The highest BCUT2D eigenvalue weighted by atomic mass is 14.8. The number of H-pyrrole nitrogens is 2. The summed E-state index contributed by atoms with van der Waals surface area (Å²) in [4.78, 5) is 21.6. The zero-order chi connectivity index (χ0) is 23.9. The Bertz CT molecular complexity index is 1670. The predicted molar refractivity (Wildman–Crippen MR) is 146 cm³/mol. The van der Waals surface area contributed by atoms with Crippen LogP contribution in [0.25, 0.3) is 23.3 Å². The third-order valence-corrected chi connectivity index (χ3v) is 6.40. The molecule has 8 bridgehead atoms. The van der Waals surface area contributed by atoms with E-state index in [1.807, 2.05) is 42.7 Å². The smallest absolute Gasteiger partial charge is 0.0738 e. The molecule has 3 aliphatic heterocycles. The van der Waals surface area contributed by atoms with Crippen LogP contribution in [0.2, 0.25) is 0 Å². The molecule has 0 amide bonds. The Balaban J connectivity index is 1.54. The quantitative estimate of drug-likeness (QED) is 0.450. The van der Waals surface area contributed by atoms with E-state index in [2.05, 4.69) is 87.8 Å². The molecular formula is C31H21N5. The lowest BCUT2D eigenvalue weighted by molar-refractivity contribution is 1.25. The molecule has 1 aromatic carbocycles. The minimum Gasteiger partial charge on any atom is -0.360 e. The van der Waals surface area contributed by atoms with E-state index >= 15 is 0 Å². The fourth-order valence-electron chi connectivity index (χ4n) is 4.78. The first-order chi connectivity index (χ1) is 17.8. The van der Waals surface area contributed by atoms with Gasteiger partial charge in [-0.05, 0) is 72.4 Å². The van der Waals surface area contributed by atoms with Gasteiger partial charge in [0.2, 0.25) is 0 Å². The molecule has 170 valence electrons. The number of allylic oxidation sites excluding steroid dienone is 4. The number of rotatable bonds is 2. The highest BCUT2D eigenvalue weighted by molar-refractivity contribution is 6.20. The van der Waals surface area contributed by atoms with Crippen molar-refractivity contribution in [1.82, 2.24) is 15.0 Å². The van der Waals surface area contributed by atoms with Gasteiger partial charge >= 0.3 is 0 Å². The standard InChI is InChI=1S/C31H21N5/c1-2-6-20(7-3-1)30-27-13-11-24(35-27)17-22-9-10-23(34-22)18-25-12-14-28(36-25)31(21-16-29(30)33-19-21)26-8-4-5-15-32-26/h1-19,33-34H. The van der Waals surface area contributed by atoms with Crippen molar-refractivity contribution < 1.29 is 0 Å². The first kappa shape index (κ1) is 20.4. The second-order valence-electron chi connectivity index (χ2n) is 8.80. The fourth-order valence-corrected chi connectivity index (χ4v) is 4.78. The number of pyridine rings is 1. The van der Waals surface area contributed by atoms with Gasteiger partial charge in [0.25, 0.3) is 0 Å². The molecule has 7 rings (SSSR count). The Labute approximate surface area is 207 Å². The normalized spacial score (nSPS) is 16.1. The molecule has 0 radical (unpaired) electrons. The predicted octanol–water partition coefficient (Wildman–Crippen LogP) is 4.55. The van der Waals surface area contributed by atoms with Crippen molar-refractivity contribution in [1.29, 1.82) is 0 Å². The van der Waals surface area contributed by atoms with Gasteiger partial charge < -0.3 is 9.97 Å². The summed E-state index contributed by atoms with van der Waals surface area (Å²) in [5, 5.41) is 1.98. The number of aromatic nitrogens is 3. The molecule has 0 saturated carbocycles. The summed E-state index contributed by atoms with van der Waals surface area (Å²) in [6.07, 6.45) is 16.2. The van der Waals surface area contributed by atoms with Crippen molar-refractivity contribution in [2.45, 2.75) is 0 Å². The molecule has 0 atom stereocenters.